The van der Waals surface area contributed by atoms with E-state index >= 15 is 0 Å². The van der Waals surface area contributed by atoms with Crippen molar-refractivity contribution in [3.63, 3.8) is 0 Å². The zero-order chi connectivity index (χ0) is 10.0. The van der Waals surface area contributed by atoms with Gasteiger partial charge in [0.15, 0.2) is 0 Å². The fourth-order valence-corrected chi connectivity index (χ4v) is 0.999. The molecule has 0 aromatic carbocycles. The minimum absolute atomic E-state index is 0.000642. The molecule has 0 radical (unpaired) electrons. The number of rotatable bonds is 2. The van der Waals surface area contributed by atoms with E-state index in [1.54, 1.807) is 0 Å². The maximum Gasteiger partial charge on any atom is 0.203 e. The molecule has 1 aliphatic rings. The van der Waals surface area contributed by atoms with Crippen molar-refractivity contribution in [2.75, 3.05) is 0 Å². The second kappa shape index (κ2) is 3.43. The molecule has 4 nitrogen and oxygen atoms in total. The predicted molar refractivity (Wildman–Crippen MR) is 48.6 cm³/mol. The highest BCUT2D eigenvalue weighted by molar-refractivity contribution is 6.19. The minimum Gasteiger partial charge on any atom is -0.395 e. The van der Waals surface area contributed by atoms with Gasteiger partial charge in [0.1, 0.15) is 0 Å². The molecule has 0 amide bonds. The van der Waals surface area contributed by atoms with Crippen molar-refractivity contribution in [2.45, 2.75) is 19.9 Å². The van der Waals surface area contributed by atoms with Gasteiger partial charge >= 0.3 is 0 Å². The summed E-state index contributed by atoms with van der Waals surface area (Å²) in [6.07, 6.45) is 2.38. The van der Waals surface area contributed by atoms with Gasteiger partial charge in [0.05, 0.1) is 11.4 Å². The molecule has 3 N–H and O–H groups in total. The van der Waals surface area contributed by atoms with Crippen molar-refractivity contribution in [3.8, 4) is 0 Å². The molecule has 0 spiro atoms. The first-order valence-electron chi connectivity index (χ1n) is 4.04. The molecule has 4 heteroatoms. The number of carbonyl (C=O) groups excluding carboxylic acids is 2. The van der Waals surface area contributed by atoms with Crippen LogP contribution in [0.2, 0.25) is 0 Å². The first-order chi connectivity index (χ1) is 6.00. The molecular formula is C9H12N2O2. The number of hydrogen-bond donors (Lipinski definition) is 2. The normalized spacial score (nSPS) is 17.2. The molecule has 0 saturated heterocycles. The molecule has 13 heavy (non-hydrogen) atoms. The van der Waals surface area contributed by atoms with Gasteiger partial charge < -0.3 is 11.1 Å². The number of nitrogens with one attached hydrogen (secondary N) is 1. The molecule has 0 unspecified atom stereocenters. The highest BCUT2D eigenvalue weighted by atomic mass is 16.1. The quantitative estimate of drug-likeness (QED) is 0.580. The lowest BCUT2D eigenvalue weighted by Crippen LogP contribution is -2.30. The van der Waals surface area contributed by atoms with Crippen molar-refractivity contribution in [3.05, 3.63) is 23.5 Å². The van der Waals surface area contributed by atoms with E-state index in [2.05, 4.69) is 5.32 Å². The summed E-state index contributed by atoms with van der Waals surface area (Å²) in [5.41, 5.74) is 5.59. The molecule has 1 aliphatic carbocycles. The van der Waals surface area contributed by atoms with Crippen molar-refractivity contribution in [1.82, 2.24) is 5.32 Å². The molecular weight excluding hydrogens is 168 g/mol. The summed E-state index contributed by atoms with van der Waals surface area (Å²) in [7, 11) is 0. The Morgan fingerprint density at radius 3 is 2.38 bits per heavy atom. The Balaban J connectivity index is 2.83. The summed E-state index contributed by atoms with van der Waals surface area (Å²) in [6, 6.07) is 0.121. The maximum atomic E-state index is 11.2. The lowest BCUT2D eigenvalue weighted by atomic mass is 10.1. The van der Waals surface area contributed by atoms with Crippen LogP contribution in [0.4, 0.5) is 0 Å². The van der Waals surface area contributed by atoms with E-state index in [-0.39, 0.29) is 23.3 Å². The van der Waals surface area contributed by atoms with Crippen molar-refractivity contribution in [2.24, 2.45) is 5.73 Å². The average molecular weight is 180 g/mol. The van der Waals surface area contributed by atoms with Crippen LogP contribution in [-0.4, -0.2) is 17.6 Å². The van der Waals surface area contributed by atoms with Crippen molar-refractivity contribution in [1.29, 1.82) is 0 Å². The van der Waals surface area contributed by atoms with Crippen LogP contribution >= 0.6 is 0 Å². The lowest BCUT2D eigenvalue weighted by molar-refractivity contribution is -0.115. The van der Waals surface area contributed by atoms with E-state index in [9.17, 15) is 9.59 Å². The van der Waals surface area contributed by atoms with Gasteiger partial charge in [0.2, 0.25) is 11.6 Å². The molecule has 0 heterocycles. The fraction of sp³-hybridized carbons (Fsp3) is 0.333. The van der Waals surface area contributed by atoms with Crippen LogP contribution in [0.15, 0.2) is 23.5 Å². The smallest absolute Gasteiger partial charge is 0.203 e. The van der Waals surface area contributed by atoms with Crippen LogP contribution in [0.3, 0.4) is 0 Å². The number of carbonyl (C=O) groups is 2. The fourth-order valence-electron chi connectivity index (χ4n) is 0.999. The third-order valence-corrected chi connectivity index (χ3v) is 1.56. The largest absolute Gasteiger partial charge is 0.395 e. The first-order valence-corrected chi connectivity index (χ1v) is 4.04. The summed E-state index contributed by atoms with van der Waals surface area (Å²) in [6.45, 7) is 3.78. The lowest BCUT2D eigenvalue weighted by Gasteiger charge is -2.14. The summed E-state index contributed by atoms with van der Waals surface area (Å²) in [5, 5.41) is 2.87. The van der Waals surface area contributed by atoms with Crippen LogP contribution in [0.25, 0.3) is 0 Å². The van der Waals surface area contributed by atoms with E-state index in [1.807, 2.05) is 13.8 Å². The van der Waals surface area contributed by atoms with Gasteiger partial charge in [0.25, 0.3) is 0 Å². The average Bonchev–Trinajstić information content (AvgIpc) is 1.99. The highest BCUT2D eigenvalue weighted by Crippen LogP contribution is 2.06. The predicted octanol–water partition coefficient (Wildman–Crippen LogP) is -0.137. The van der Waals surface area contributed by atoms with E-state index in [1.165, 1.54) is 6.08 Å². The molecule has 0 aromatic rings. The monoisotopic (exact) mass is 180 g/mol. The van der Waals surface area contributed by atoms with Crippen LogP contribution in [0.1, 0.15) is 13.8 Å². The number of nitrogens with two attached hydrogens (primary N) is 1. The molecule has 1 rings (SSSR count). The maximum absolute atomic E-state index is 11.2. The zero-order valence-corrected chi connectivity index (χ0v) is 7.63. The number of ketones is 2. The molecule has 0 fully saturated rings. The van der Waals surface area contributed by atoms with Crippen LogP contribution in [0.5, 0.6) is 0 Å². The van der Waals surface area contributed by atoms with Crippen molar-refractivity contribution < 1.29 is 9.59 Å². The molecule has 0 aliphatic heterocycles. The Morgan fingerprint density at radius 1 is 1.23 bits per heavy atom. The number of hydrogen-bond acceptors (Lipinski definition) is 4. The van der Waals surface area contributed by atoms with E-state index < -0.39 is 0 Å². The van der Waals surface area contributed by atoms with Gasteiger partial charge in [0, 0.05) is 18.2 Å². The minimum atomic E-state index is -0.317. The Hall–Kier alpha value is -1.58. The Morgan fingerprint density at radius 2 is 1.85 bits per heavy atom. The van der Waals surface area contributed by atoms with E-state index in [4.69, 9.17) is 5.73 Å². The third-order valence-electron chi connectivity index (χ3n) is 1.56. The van der Waals surface area contributed by atoms with Crippen LogP contribution in [0, 0.1) is 0 Å². The summed E-state index contributed by atoms with van der Waals surface area (Å²) >= 11 is 0. The standard InChI is InChI=1S/C9H12N2O2/c1-5(2)11-7-4-8(12)6(10)3-9(7)13/h3-5,11H,10H2,1-2H3. The SMILES string of the molecule is CC(C)NC1=CC(=O)C(N)=CC1=O. The molecule has 0 aromatic heterocycles. The Bertz CT molecular complexity index is 314. The van der Waals surface area contributed by atoms with Gasteiger partial charge in [-0.3, -0.25) is 9.59 Å². The van der Waals surface area contributed by atoms with Gasteiger partial charge in [-0.15, -0.1) is 0 Å². The van der Waals surface area contributed by atoms with Crippen LogP contribution in [-0.2, 0) is 9.59 Å². The summed E-state index contributed by atoms with van der Waals surface area (Å²) in [5.74, 6) is -0.562. The Kier molecular flexibility index (Phi) is 2.51. The summed E-state index contributed by atoms with van der Waals surface area (Å²) < 4.78 is 0. The topological polar surface area (TPSA) is 72.2 Å². The van der Waals surface area contributed by atoms with Crippen LogP contribution < -0.4 is 11.1 Å². The molecule has 0 saturated carbocycles. The van der Waals surface area contributed by atoms with E-state index in [0.717, 1.165) is 6.08 Å². The molecule has 70 valence electrons. The van der Waals surface area contributed by atoms with Gasteiger partial charge in [-0.2, -0.15) is 0 Å². The zero-order valence-electron chi connectivity index (χ0n) is 7.63. The Labute approximate surface area is 76.5 Å². The van der Waals surface area contributed by atoms with Gasteiger partial charge in [-0.05, 0) is 13.8 Å². The summed E-state index contributed by atoms with van der Waals surface area (Å²) in [4.78, 5) is 22.3. The van der Waals surface area contributed by atoms with Crippen molar-refractivity contribution >= 4 is 11.6 Å². The third kappa shape index (κ3) is 2.18. The van der Waals surface area contributed by atoms with Gasteiger partial charge in [-0.1, -0.05) is 0 Å². The highest BCUT2D eigenvalue weighted by Gasteiger charge is 2.18. The molecule has 0 bridgehead atoms. The second-order valence-corrected chi connectivity index (χ2v) is 3.19. The van der Waals surface area contributed by atoms with Gasteiger partial charge in [-0.25, -0.2) is 0 Å². The first kappa shape index (κ1) is 9.51. The number of allylic oxidation sites excluding steroid dienone is 2. The molecule has 0 atom stereocenters. The van der Waals surface area contributed by atoms with E-state index in [0.29, 0.717) is 5.70 Å². The second-order valence-electron chi connectivity index (χ2n) is 3.19.